The van der Waals surface area contributed by atoms with E-state index in [2.05, 4.69) is 26.2 Å². The van der Waals surface area contributed by atoms with Gasteiger partial charge >= 0.3 is 0 Å². The van der Waals surface area contributed by atoms with Crippen molar-refractivity contribution in [1.82, 2.24) is 0 Å². The van der Waals surface area contributed by atoms with Crippen LogP contribution in [-0.2, 0) is 13.6 Å². The summed E-state index contributed by atoms with van der Waals surface area (Å²) in [5, 5.41) is 0. The molecule has 0 aromatic carbocycles. The fraction of sp³-hybridized carbons (Fsp3) is 1.00. The molecule has 0 aromatic heterocycles. The Kier molecular flexibility index (Phi) is 6.50. The normalized spacial score (nSPS) is 25.1. The molecule has 2 saturated heterocycles. The van der Waals surface area contributed by atoms with Gasteiger partial charge in [0.2, 0.25) is 0 Å². The van der Waals surface area contributed by atoms with Crippen LogP contribution in [0.25, 0.3) is 0 Å². The Hall–Kier alpha value is 0.314. The van der Waals surface area contributed by atoms with E-state index >= 15 is 0 Å². The fourth-order valence-corrected chi connectivity index (χ4v) is 12.2. The van der Waals surface area contributed by atoms with Crippen LogP contribution in [0.1, 0.15) is 38.5 Å². The molecule has 0 bridgehead atoms. The Labute approximate surface area is 133 Å². The molecule has 2 unspecified atom stereocenters. The molecular formula is C16H34O3Si2. The maximum absolute atomic E-state index is 6.69. The van der Waals surface area contributed by atoms with Gasteiger partial charge in [-0.1, -0.05) is 25.7 Å². The molecule has 0 aliphatic carbocycles. The highest BCUT2D eigenvalue weighted by molar-refractivity contribution is 6.84. The lowest BCUT2D eigenvalue weighted by atomic mass is 10.2. The van der Waals surface area contributed by atoms with Crippen molar-refractivity contribution in [3.05, 3.63) is 0 Å². The third-order valence-electron chi connectivity index (χ3n) is 4.47. The largest absolute Gasteiger partial charge is 0.455 e. The first-order valence-electron chi connectivity index (χ1n) is 8.80. The number of unbranched alkanes of at least 4 members (excludes halogenated alkanes) is 2. The van der Waals surface area contributed by atoms with Crippen LogP contribution >= 0.6 is 0 Å². The van der Waals surface area contributed by atoms with Crippen molar-refractivity contribution in [2.75, 3.05) is 13.2 Å². The lowest BCUT2D eigenvalue weighted by Crippen LogP contribution is -2.44. The summed E-state index contributed by atoms with van der Waals surface area (Å²) in [4.78, 5) is 0. The molecule has 0 N–H and O–H groups in total. The maximum Gasteiger partial charge on any atom is 0.173 e. The number of epoxide rings is 2. The third-order valence-corrected chi connectivity index (χ3v) is 12.0. The van der Waals surface area contributed by atoms with Gasteiger partial charge in [-0.2, -0.15) is 0 Å². The van der Waals surface area contributed by atoms with Crippen LogP contribution in [0.15, 0.2) is 0 Å². The first kappa shape index (κ1) is 17.7. The Morgan fingerprint density at radius 1 is 0.762 bits per heavy atom. The highest BCUT2D eigenvalue weighted by Gasteiger charge is 2.32. The van der Waals surface area contributed by atoms with Gasteiger partial charge in [-0.25, -0.2) is 0 Å². The van der Waals surface area contributed by atoms with Crippen molar-refractivity contribution in [2.24, 2.45) is 0 Å². The smallest absolute Gasteiger partial charge is 0.173 e. The van der Waals surface area contributed by atoms with Crippen LogP contribution in [-0.4, -0.2) is 42.1 Å². The number of ether oxygens (including phenoxy) is 2. The first-order chi connectivity index (χ1) is 9.86. The highest BCUT2D eigenvalue weighted by Crippen LogP contribution is 2.27. The van der Waals surface area contributed by atoms with E-state index in [9.17, 15) is 0 Å². The molecule has 5 heteroatoms. The quantitative estimate of drug-likeness (QED) is 0.299. The van der Waals surface area contributed by atoms with Gasteiger partial charge in [0.25, 0.3) is 0 Å². The summed E-state index contributed by atoms with van der Waals surface area (Å²) in [6.45, 7) is 11.6. The zero-order valence-electron chi connectivity index (χ0n) is 14.5. The minimum absolute atomic E-state index is 0.594. The second-order valence-corrected chi connectivity index (χ2v) is 16.9. The van der Waals surface area contributed by atoms with E-state index in [1.54, 1.807) is 0 Å². The van der Waals surface area contributed by atoms with E-state index in [-0.39, 0.29) is 0 Å². The topological polar surface area (TPSA) is 34.3 Å². The Bertz CT molecular complexity index is 283. The summed E-state index contributed by atoms with van der Waals surface area (Å²) in [7, 11) is -2.93. The minimum atomic E-state index is -1.46. The van der Waals surface area contributed by atoms with E-state index in [1.165, 1.54) is 50.6 Å². The van der Waals surface area contributed by atoms with Crippen LogP contribution in [0.4, 0.5) is 0 Å². The number of hydrogen-bond acceptors (Lipinski definition) is 3. The van der Waals surface area contributed by atoms with E-state index in [0.29, 0.717) is 12.2 Å². The monoisotopic (exact) mass is 330 g/mol. The maximum atomic E-state index is 6.69. The summed E-state index contributed by atoms with van der Waals surface area (Å²) in [6.07, 6.45) is 8.98. The van der Waals surface area contributed by atoms with E-state index < -0.39 is 16.6 Å². The molecule has 2 aliphatic rings. The van der Waals surface area contributed by atoms with Crippen LogP contribution in [0.2, 0.25) is 38.3 Å². The van der Waals surface area contributed by atoms with Crippen LogP contribution in [0.5, 0.6) is 0 Å². The second kappa shape index (κ2) is 7.73. The van der Waals surface area contributed by atoms with Gasteiger partial charge in [0.1, 0.15) is 0 Å². The molecule has 0 spiro atoms. The van der Waals surface area contributed by atoms with Gasteiger partial charge in [0, 0.05) is 0 Å². The van der Waals surface area contributed by atoms with Gasteiger partial charge in [-0.3, -0.25) is 0 Å². The third kappa shape index (κ3) is 8.50. The van der Waals surface area contributed by atoms with Crippen molar-refractivity contribution in [3.8, 4) is 0 Å². The molecule has 2 aliphatic heterocycles. The van der Waals surface area contributed by atoms with Gasteiger partial charge in [-0.15, -0.1) is 0 Å². The Balaban J connectivity index is 1.56. The predicted molar refractivity (Wildman–Crippen MR) is 92.8 cm³/mol. The molecule has 21 heavy (non-hydrogen) atoms. The van der Waals surface area contributed by atoms with Gasteiger partial charge in [-0.05, 0) is 51.1 Å². The highest BCUT2D eigenvalue weighted by atomic mass is 28.4. The molecule has 2 fully saturated rings. The molecule has 2 rings (SSSR count). The summed E-state index contributed by atoms with van der Waals surface area (Å²) >= 11 is 0. The molecule has 0 radical (unpaired) electrons. The van der Waals surface area contributed by atoms with E-state index in [1.807, 2.05) is 0 Å². The average Bonchev–Trinajstić information content (AvgIpc) is 3.23. The molecule has 124 valence electrons. The van der Waals surface area contributed by atoms with Gasteiger partial charge in [0.15, 0.2) is 16.6 Å². The molecule has 0 saturated carbocycles. The van der Waals surface area contributed by atoms with Crippen molar-refractivity contribution in [1.29, 1.82) is 0 Å². The number of rotatable bonds is 12. The SMILES string of the molecule is C[Si](C)(CCCCC1CO1)O[Si](C)(C)CCCCC1CO1. The molecule has 3 nitrogen and oxygen atoms in total. The van der Waals surface area contributed by atoms with Crippen molar-refractivity contribution < 1.29 is 13.6 Å². The zero-order valence-corrected chi connectivity index (χ0v) is 16.5. The fourth-order valence-electron chi connectivity index (χ4n) is 3.16. The average molecular weight is 331 g/mol. The molecule has 0 aromatic rings. The molecule has 2 atom stereocenters. The standard InChI is InChI=1S/C16H34O3Si2/c1-20(2,11-7-5-9-15-13-17-15)19-21(3,4)12-8-6-10-16-14-18-16/h15-16H,5-14H2,1-4H3. The Morgan fingerprint density at radius 2 is 1.14 bits per heavy atom. The number of hydrogen-bond donors (Lipinski definition) is 0. The van der Waals surface area contributed by atoms with Crippen molar-refractivity contribution >= 4 is 16.6 Å². The summed E-state index contributed by atoms with van der Waals surface area (Å²) < 4.78 is 17.2. The summed E-state index contributed by atoms with van der Waals surface area (Å²) in [6, 6.07) is 2.62. The van der Waals surface area contributed by atoms with Gasteiger partial charge < -0.3 is 13.6 Å². The van der Waals surface area contributed by atoms with Crippen LogP contribution in [0, 0.1) is 0 Å². The lowest BCUT2D eigenvalue weighted by molar-refractivity contribution is 0.389. The van der Waals surface area contributed by atoms with Crippen molar-refractivity contribution in [3.63, 3.8) is 0 Å². The molecule has 0 amide bonds. The van der Waals surface area contributed by atoms with Crippen LogP contribution < -0.4 is 0 Å². The predicted octanol–water partition coefficient (Wildman–Crippen LogP) is 4.55. The Morgan fingerprint density at radius 3 is 1.48 bits per heavy atom. The van der Waals surface area contributed by atoms with E-state index in [4.69, 9.17) is 13.6 Å². The zero-order chi connectivity index (χ0) is 15.3. The second-order valence-electron chi connectivity index (χ2n) is 8.02. The molecular weight excluding hydrogens is 296 g/mol. The summed E-state index contributed by atoms with van der Waals surface area (Å²) in [5.74, 6) is 0. The van der Waals surface area contributed by atoms with Crippen LogP contribution in [0.3, 0.4) is 0 Å². The van der Waals surface area contributed by atoms with E-state index in [0.717, 1.165) is 13.2 Å². The van der Waals surface area contributed by atoms with Crippen molar-refractivity contribution in [2.45, 2.75) is 89.0 Å². The lowest BCUT2D eigenvalue weighted by Gasteiger charge is -2.34. The first-order valence-corrected chi connectivity index (χ1v) is 15.0. The molecule has 2 heterocycles. The summed E-state index contributed by atoms with van der Waals surface area (Å²) in [5.41, 5.74) is 0. The minimum Gasteiger partial charge on any atom is -0.455 e. The van der Waals surface area contributed by atoms with Gasteiger partial charge in [0.05, 0.1) is 25.4 Å².